The van der Waals surface area contributed by atoms with E-state index in [4.69, 9.17) is 27.9 Å². The van der Waals surface area contributed by atoms with Crippen molar-refractivity contribution >= 4 is 52.5 Å². The van der Waals surface area contributed by atoms with Gasteiger partial charge in [0.1, 0.15) is 5.84 Å². The first-order chi connectivity index (χ1) is 13.0. The fraction of sp³-hybridized carbons (Fsp3) is 0.222. The lowest BCUT2D eigenvalue weighted by Crippen LogP contribution is -2.48. The summed E-state index contributed by atoms with van der Waals surface area (Å²) in [7, 11) is 1.53. The molecule has 140 valence electrons. The van der Waals surface area contributed by atoms with Gasteiger partial charge in [0.15, 0.2) is 0 Å². The van der Waals surface area contributed by atoms with Crippen LogP contribution in [-0.4, -0.2) is 48.8 Å². The maximum atomic E-state index is 12.5. The molecule has 0 spiro atoms. The van der Waals surface area contributed by atoms with E-state index in [1.165, 1.54) is 18.1 Å². The van der Waals surface area contributed by atoms with E-state index in [0.717, 1.165) is 0 Å². The number of anilines is 1. The van der Waals surface area contributed by atoms with Crippen molar-refractivity contribution in [3.63, 3.8) is 0 Å². The maximum Gasteiger partial charge on any atom is 0.349 e. The molecule has 0 bridgehead atoms. The van der Waals surface area contributed by atoms with Crippen molar-refractivity contribution in [1.82, 2.24) is 4.90 Å². The highest BCUT2D eigenvalue weighted by atomic mass is 35.5. The molecule has 0 aromatic heterocycles. The first-order valence-corrected chi connectivity index (χ1v) is 8.83. The van der Waals surface area contributed by atoms with E-state index in [9.17, 15) is 9.59 Å². The topological polar surface area (TPSA) is 83.4 Å². The lowest BCUT2D eigenvalue weighted by atomic mass is 9.95. The minimum atomic E-state index is -0.636. The van der Waals surface area contributed by atoms with E-state index >= 15 is 0 Å². The van der Waals surface area contributed by atoms with Gasteiger partial charge in [0.25, 0.3) is 0 Å². The number of nitrogens with zero attached hydrogens (tertiary/aromatic N) is 3. The summed E-state index contributed by atoms with van der Waals surface area (Å²) in [5.41, 5.74) is 0.981. The van der Waals surface area contributed by atoms with Crippen LogP contribution in [-0.2, 0) is 4.74 Å². The number of ether oxygens (including phenoxy) is 1. The van der Waals surface area contributed by atoms with E-state index in [2.05, 4.69) is 15.3 Å². The van der Waals surface area contributed by atoms with Crippen molar-refractivity contribution in [3.8, 4) is 0 Å². The number of amidine groups is 1. The fourth-order valence-electron chi connectivity index (χ4n) is 2.65. The molecule has 4 amide bonds. The molecule has 1 aliphatic heterocycles. The molecule has 9 heteroatoms. The number of aliphatic imine (C=N–C) groups is 2. The van der Waals surface area contributed by atoms with Crippen LogP contribution in [0.25, 0.3) is 0 Å². The summed E-state index contributed by atoms with van der Waals surface area (Å²) in [4.78, 5) is 34.4. The highest BCUT2D eigenvalue weighted by Gasteiger charge is 2.34. The standard InChI is InChI=1S/C18H16Cl2N4O3/c1-27-9-8-24-16(12-4-2-3-5-15(12)22-18(24)26)23-17(25)21-11-6-7-13(19)14(20)10-11/h2-7,10,12H,8-9H2,1H3,(H,21,25)/b23-16-. The average Bonchev–Trinajstić information content (AvgIpc) is 2.64. The average molecular weight is 407 g/mol. The molecule has 0 saturated heterocycles. The van der Waals surface area contributed by atoms with Crippen LogP contribution in [0.2, 0.25) is 10.0 Å². The Kier molecular flexibility index (Phi) is 6.05. The van der Waals surface area contributed by atoms with Crippen molar-refractivity contribution in [2.75, 3.05) is 25.6 Å². The van der Waals surface area contributed by atoms with E-state index < -0.39 is 12.1 Å². The molecule has 1 N–H and O–H groups in total. The number of hydrogen-bond donors (Lipinski definition) is 1. The van der Waals surface area contributed by atoms with Crippen molar-refractivity contribution in [2.45, 2.75) is 0 Å². The van der Waals surface area contributed by atoms with Gasteiger partial charge in [-0.3, -0.25) is 4.90 Å². The van der Waals surface area contributed by atoms with Crippen LogP contribution in [0.3, 0.4) is 0 Å². The van der Waals surface area contributed by atoms with Crippen molar-refractivity contribution < 1.29 is 14.3 Å². The number of halogens is 2. The lowest BCUT2D eigenvalue weighted by molar-refractivity contribution is 0.174. The molecule has 1 unspecified atom stereocenters. The Bertz CT molecular complexity index is 893. The third-order valence-corrected chi connectivity index (χ3v) is 4.66. The SMILES string of the molecule is COCCN1C(=O)N=C2C=CC=CC2/C1=N/C(=O)Nc1ccc(Cl)c(Cl)c1. The van der Waals surface area contributed by atoms with Gasteiger partial charge < -0.3 is 10.1 Å². The Morgan fingerprint density at radius 2 is 2.15 bits per heavy atom. The Hall–Kier alpha value is -2.48. The molecular weight excluding hydrogens is 391 g/mol. The molecule has 1 atom stereocenters. The molecule has 0 fully saturated rings. The molecule has 3 rings (SSSR count). The smallest absolute Gasteiger partial charge is 0.349 e. The highest BCUT2D eigenvalue weighted by molar-refractivity contribution is 6.42. The van der Waals surface area contributed by atoms with Crippen LogP contribution in [0.1, 0.15) is 0 Å². The minimum Gasteiger partial charge on any atom is -0.383 e. The first-order valence-electron chi connectivity index (χ1n) is 8.08. The third kappa shape index (κ3) is 4.44. The molecule has 2 aliphatic rings. The summed E-state index contributed by atoms with van der Waals surface area (Å²) < 4.78 is 5.05. The number of amides is 4. The van der Waals surface area contributed by atoms with Crippen LogP contribution in [0.5, 0.6) is 0 Å². The van der Waals surface area contributed by atoms with Crippen LogP contribution in [0.15, 0.2) is 52.5 Å². The normalized spacial score (nSPS) is 19.9. The van der Waals surface area contributed by atoms with Gasteiger partial charge in [0.05, 0.1) is 34.8 Å². The van der Waals surface area contributed by atoms with Crippen molar-refractivity contribution in [1.29, 1.82) is 0 Å². The van der Waals surface area contributed by atoms with Gasteiger partial charge in [-0.1, -0.05) is 41.4 Å². The molecular formula is C18H16Cl2N4O3. The number of hydrogen-bond acceptors (Lipinski definition) is 3. The van der Waals surface area contributed by atoms with Gasteiger partial charge in [-0.15, -0.1) is 0 Å². The maximum absolute atomic E-state index is 12.5. The Morgan fingerprint density at radius 3 is 2.89 bits per heavy atom. The monoisotopic (exact) mass is 406 g/mol. The summed E-state index contributed by atoms with van der Waals surface area (Å²) in [5, 5.41) is 3.31. The number of allylic oxidation sites excluding steroid dienone is 3. The Morgan fingerprint density at radius 1 is 1.33 bits per heavy atom. The molecule has 1 heterocycles. The van der Waals surface area contributed by atoms with Gasteiger partial charge in [0, 0.05) is 12.8 Å². The largest absolute Gasteiger partial charge is 0.383 e. The third-order valence-electron chi connectivity index (χ3n) is 3.92. The zero-order valence-corrected chi connectivity index (χ0v) is 15.9. The predicted octanol–water partition coefficient (Wildman–Crippen LogP) is 4.19. The van der Waals surface area contributed by atoms with Gasteiger partial charge in [0.2, 0.25) is 0 Å². The number of methoxy groups -OCH3 is 1. The van der Waals surface area contributed by atoms with Gasteiger partial charge >= 0.3 is 12.1 Å². The molecule has 0 saturated carbocycles. The summed E-state index contributed by atoms with van der Waals surface area (Å²) >= 11 is 11.8. The minimum absolute atomic E-state index is 0.235. The number of urea groups is 2. The number of fused-ring (bicyclic) bond motifs is 1. The lowest BCUT2D eigenvalue weighted by Gasteiger charge is -2.31. The van der Waals surface area contributed by atoms with E-state index in [1.54, 1.807) is 24.3 Å². The van der Waals surface area contributed by atoms with Crippen LogP contribution in [0.4, 0.5) is 15.3 Å². The molecule has 1 aliphatic carbocycles. The molecule has 0 radical (unpaired) electrons. The Balaban J connectivity index is 1.88. The van der Waals surface area contributed by atoms with Crippen LogP contribution < -0.4 is 5.32 Å². The second kappa shape index (κ2) is 8.47. The van der Waals surface area contributed by atoms with E-state index in [0.29, 0.717) is 27.3 Å². The van der Waals surface area contributed by atoms with E-state index in [-0.39, 0.29) is 19.1 Å². The predicted molar refractivity (Wildman–Crippen MR) is 106 cm³/mol. The van der Waals surface area contributed by atoms with Gasteiger partial charge in [-0.25, -0.2) is 9.59 Å². The van der Waals surface area contributed by atoms with Crippen molar-refractivity contribution in [3.05, 3.63) is 52.5 Å². The van der Waals surface area contributed by atoms with Crippen molar-refractivity contribution in [2.24, 2.45) is 15.9 Å². The van der Waals surface area contributed by atoms with Gasteiger partial charge in [-0.2, -0.15) is 9.98 Å². The number of carbonyl (C=O) groups is 2. The van der Waals surface area contributed by atoms with Crippen LogP contribution >= 0.6 is 23.2 Å². The number of carbonyl (C=O) groups excluding carboxylic acids is 2. The number of rotatable bonds is 4. The second-order valence-corrected chi connectivity index (χ2v) is 6.53. The number of nitrogens with one attached hydrogen (secondary N) is 1. The van der Waals surface area contributed by atoms with Gasteiger partial charge in [-0.05, 0) is 24.3 Å². The quantitative estimate of drug-likeness (QED) is 0.813. The Labute approximate surface area is 166 Å². The molecule has 1 aromatic rings. The first kappa shape index (κ1) is 19.3. The second-order valence-electron chi connectivity index (χ2n) is 5.71. The summed E-state index contributed by atoms with van der Waals surface area (Å²) in [5.74, 6) is -0.0932. The summed E-state index contributed by atoms with van der Waals surface area (Å²) in [6, 6.07) is 3.58. The molecule has 1 aromatic carbocycles. The summed E-state index contributed by atoms with van der Waals surface area (Å²) in [6.45, 7) is 0.523. The molecule has 27 heavy (non-hydrogen) atoms. The zero-order chi connectivity index (χ0) is 19.4. The zero-order valence-electron chi connectivity index (χ0n) is 14.4. The van der Waals surface area contributed by atoms with Crippen LogP contribution in [0, 0.1) is 5.92 Å². The molecule has 7 nitrogen and oxygen atoms in total. The fourth-order valence-corrected chi connectivity index (χ4v) is 2.94. The number of benzene rings is 1. The summed E-state index contributed by atoms with van der Waals surface area (Å²) in [6.07, 6.45) is 7.15. The highest BCUT2D eigenvalue weighted by Crippen LogP contribution is 2.25. The van der Waals surface area contributed by atoms with E-state index in [1.807, 2.05) is 12.2 Å².